The Morgan fingerprint density at radius 1 is 1.00 bits per heavy atom. The lowest BCUT2D eigenvalue weighted by molar-refractivity contribution is -0.117. The summed E-state index contributed by atoms with van der Waals surface area (Å²) in [6.45, 7) is 8.07. The maximum Gasteiger partial charge on any atom is 0.295 e. The molecule has 0 saturated heterocycles. The van der Waals surface area contributed by atoms with Crippen LogP contribution in [0, 0.1) is 12.8 Å². The number of hydrogen-bond acceptors (Lipinski definition) is 2. The topological polar surface area (TPSA) is 56.0 Å². The van der Waals surface area contributed by atoms with E-state index in [0.717, 1.165) is 17.7 Å². The number of anilines is 1. The molecule has 0 spiro atoms. The molecule has 1 aromatic heterocycles. The molecule has 152 valence electrons. The van der Waals surface area contributed by atoms with Gasteiger partial charge in [0, 0.05) is 7.05 Å². The summed E-state index contributed by atoms with van der Waals surface area (Å²) in [5, 5.41) is 2.86. The van der Waals surface area contributed by atoms with E-state index in [2.05, 4.69) is 31.3 Å². The van der Waals surface area contributed by atoms with Crippen LogP contribution in [0.15, 0.2) is 59.4 Å². The van der Waals surface area contributed by atoms with Crippen molar-refractivity contribution in [3.05, 3.63) is 81.8 Å². The molecule has 1 amide bonds. The molecule has 1 N–H and O–H groups in total. The van der Waals surface area contributed by atoms with Gasteiger partial charge in [-0.2, -0.15) is 0 Å². The third kappa shape index (κ3) is 4.34. The van der Waals surface area contributed by atoms with Crippen LogP contribution in [0.3, 0.4) is 0 Å². The van der Waals surface area contributed by atoms with Crippen molar-refractivity contribution >= 4 is 11.6 Å². The molecule has 5 nitrogen and oxygen atoms in total. The largest absolute Gasteiger partial charge is 0.319 e. The van der Waals surface area contributed by atoms with E-state index in [9.17, 15) is 9.59 Å². The summed E-state index contributed by atoms with van der Waals surface area (Å²) in [6, 6.07) is 17.6. The lowest BCUT2D eigenvalue weighted by atomic mass is 9.96. The number of nitrogens with zero attached hydrogens (tertiary/aromatic N) is 2. The third-order valence-corrected chi connectivity index (χ3v) is 5.32. The van der Waals surface area contributed by atoms with Crippen molar-refractivity contribution in [3.8, 4) is 5.69 Å². The molecular formula is C24H29N3O2. The highest BCUT2D eigenvalue weighted by Gasteiger charge is 2.21. The van der Waals surface area contributed by atoms with Gasteiger partial charge in [-0.25, -0.2) is 4.68 Å². The third-order valence-electron chi connectivity index (χ3n) is 5.32. The molecule has 0 saturated carbocycles. The predicted molar refractivity (Wildman–Crippen MR) is 118 cm³/mol. The van der Waals surface area contributed by atoms with E-state index in [1.54, 1.807) is 9.36 Å². The van der Waals surface area contributed by atoms with Crippen molar-refractivity contribution in [2.75, 3.05) is 5.32 Å². The van der Waals surface area contributed by atoms with Gasteiger partial charge in [-0.1, -0.05) is 56.3 Å². The minimum absolute atomic E-state index is 0.187. The van der Waals surface area contributed by atoms with Crippen molar-refractivity contribution in [1.82, 2.24) is 9.36 Å². The van der Waals surface area contributed by atoms with Crippen LogP contribution in [0.25, 0.3) is 5.69 Å². The second-order valence-electron chi connectivity index (χ2n) is 7.99. The summed E-state index contributed by atoms with van der Waals surface area (Å²) in [7, 11) is 1.82. The molecule has 0 bridgehead atoms. The van der Waals surface area contributed by atoms with Crippen molar-refractivity contribution in [2.45, 2.75) is 40.0 Å². The maximum atomic E-state index is 13.0. The van der Waals surface area contributed by atoms with Crippen LogP contribution < -0.4 is 10.9 Å². The molecule has 0 aliphatic carbocycles. The number of carbonyl (C=O) groups excluding carboxylic acids is 1. The monoisotopic (exact) mass is 391 g/mol. The Morgan fingerprint density at radius 3 is 2.21 bits per heavy atom. The Balaban J connectivity index is 1.83. The van der Waals surface area contributed by atoms with Crippen molar-refractivity contribution in [1.29, 1.82) is 0 Å². The van der Waals surface area contributed by atoms with Gasteiger partial charge in [-0.15, -0.1) is 0 Å². The van der Waals surface area contributed by atoms with Gasteiger partial charge >= 0.3 is 0 Å². The fourth-order valence-electron chi connectivity index (χ4n) is 3.51. The van der Waals surface area contributed by atoms with Crippen LogP contribution >= 0.6 is 0 Å². The Kier molecular flexibility index (Phi) is 6.06. The number of hydrogen-bond donors (Lipinski definition) is 1. The van der Waals surface area contributed by atoms with Crippen LogP contribution in [0.4, 0.5) is 5.69 Å². The number of nitrogens with one attached hydrogen (secondary N) is 1. The average molecular weight is 392 g/mol. The van der Waals surface area contributed by atoms with E-state index in [1.807, 2.05) is 63.4 Å². The van der Waals surface area contributed by atoms with Gasteiger partial charge < -0.3 is 5.32 Å². The van der Waals surface area contributed by atoms with Crippen LogP contribution in [-0.4, -0.2) is 15.3 Å². The molecule has 3 aromatic rings. The first kappa shape index (κ1) is 20.6. The number of amides is 1. The molecule has 0 aliphatic rings. The summed E-state index contributed by atoms with van der Waals surface area (Å²) >= 11 is 0. The normalized spacial score (nSPS) is 12.2. The Morgan fingerprint density at radius 2 is 1.62 bits per heavy atom. The maximum absolute atomic E-state index is 13.0. The zero-order valence-electron chi connectivity index (χ0n) is 17.8. The smallest absolute Gasteiger partial charge is 0.295 e. The second-order valence-corrected chi connectivity index (χ2v) is 7.99. The van der Waals surface area contributed by atoms with E-state index in [1.165, 1.54) is 5.56 Å². The molecule has 0 fully saturated rings. The summed E-state index contributed by atoms with van der Waals surface area (Å²) in [6.07, 6.45) is 1.02. The summed E-state index contributed by atoms with van der Waals surface area (Å²) in [5.74, 6) is 0.0503. The van der Waals surface area contributed by atoms with Crippen molar-refractivity contribution in [2.24, 2.45) is 13.0 Å². The van der Waals surface area contributed by atoms with Gasteiger partial charge in [-0.3, -0.25) is 14.3 Å². The number of benzene rings is 2. The molecule has 0 aliphatic heterocycles. The minimum Gasteiger partial charge on any atom is -0.319 e. The molecule has 5 heteroatoms. The summed E-state index contributed by atoms with van der Waals surface area (Å²) in [5.41, 5.74) is 3.77. The number of rotatable bonds is 6. The minimum atomic E-state index is -0.354. The second kappa shape index (κ2) is 8.52. The first-order valence-electron chi connectivity index (χ1n) is 10.0. The van der Waals surface area contributed by atoms with Gasteiger partial charge in [-0.05, 0) is 49.4 Å². The zero-order valence-corrected chi connectivity index (χ0v) is 17.8. The van der Waals surface area contributed by atoms with E-state index in [4.69, 9.17) is 0 Å². The van der Waals surface area contributed by atoms with Gasteiger partial charge in [0.1, 0.15) is 5.69 Å². The molecule has 2 aromatic carbocycles. The van der Waals surface area contributed by atoms with Gasteiger partial charge in [0.15, 0.2) is 0 Å². The number of carbonyl (C=O) groups is 1. The fraction of sp³-hybridized carbons (Fsp3) is 0.333. The lowest BCUT2D eigenvalue weighted by Crippen LogP contribution is -2.25. The van der Waals surface area contributed by atoms with Crippen LogP contribution in [0.2, 0.25) is 0 Å². The van der Waals surface area contributed by atoms with E-state index in [-0.39, 0.29) is 17.4 Å². The highest BCUT2D eigenvalue weighted by atomic mass is 16.2. The molecule has 29 heavy (non-hydrogen) atoms. The van der Waals surface area contributed by atoms with E-state index < -0.39 is 0 Å². The van der Waals surface area contributed by atoms with Crippen LogP contribution in [-0.2, 0) is 18.3 Å². The van der Waals surface area contributed by atoms with Gasteiger partial charge in [0.05, 0.1) is 17.3 Å². The SMILES string of the molecule is Cc1c(NC(=O)[C@H](C)c2ccc(CC(C)C)cc2)c(=O)n(-c2ccccc2)n1C. The van der Waals surface area contributed by atoms with Gasteiger partial charge in [0.25, 0.3) is 5.56 Å². The molecule has 1 heterocycles. The quantitative estimate of drug-likeness (QED) is 0.676. The van der Waals surface area contributed by atoms with E-state index in [0.29, 0.717) is 17.3 Å². The highest BCUT2D eigenvalue weighted by molar-refractivity contribution is 5.96. The molecule has 0 radical (unpaired) electrons. The standard InChI is InChI=1S/C24H29N3O2/c1-16(2)15-19-11-13-20(14-12-19)17(3)23(28)25-22-18(4)26(5)27(24(22)29)21-9-7-6-8-10-21/h6-14,16-17H,15H2,1-5H3,(H,25,28)/t17-/m1/s1. The highest BCUT2D eigenvalue weighted by Crippen LogP contribution is 2.21. The first-order valence-corrected chi connectivity index (χ1v) is 10.0. The first-order chi connectivity index (χ1) is 13.8. The van der Waals surface area contributed by atoms with E-state index >= 15 is 0 Å². The summed E-state index contributed by atoms with van der Waals surface area (Å²) in [4.78, 5) is 25.8. The molecule has 1 atom stereocenters. The van der Waals surface area contributed by atoms with Crippen molar-refractivity contribution in [3.63, 3.8) is 0 Å². The van der Waals surface area contributed by atoms with Crippen LogP contribution in [0.5, 0.6) is 0 Å². The molecule has 0 unspecified atom stereocenters. The van der Waals surface area contributed by atoms with Crippen LogP contribution in [0.1, 0.15) is 43.5 Å². The Bertz CT molecular complexity index is 1040. The predicted octanol–water partition coefficient (Wildman–Crippen LogP) is 4.43. The number of aromatic nitrogens is 2. The lowest BCUT2D eigenvalue weighted by Gasteiger charge is -2.13. The molecule has 3 rings (SSSR count). The van der Waals surface area contributed by atoms with Crippen molar-refractivity contribution < 1.29 is 4.79 Å². The van der Waals surface area contributed by atoms with Gasteiger partial charge in [0.2, 0.25) is 5.91 Å². The molecular weight excluding hydrogens is 362 g/mol. The fourth-order valence-corrected chi connectivity index (χ4v) is 3.51. The zero-order chi connectivity index (χ0) is 21.1. The number of para-hydroxylation sites is 1. The Labute approximate surface area is 172 Å². The Hall–Kier alpha value is -3.08. The summed E-state index contributed by atoms with van der Waals surface area (Å²) < 4.78 is 3.33. The average Bonchev–Trinajstić information content (AvgIpc) is 2.91.